The minimum Gasteiger partial charge on any atom is -0.481 e. The quantitative estimate of drug-likeness (QED) is 0.0783. The van der Waals surface area contributed by atoms with E-state index in [9.17, 15) is 33.6 Å². The fourth-order valence-corrected chi connectivity index (χ4v) is 1.66. The standard InChI is InChI=1S/3C6H12N2O2.C3H5NO.2C2H4O2.2CH5N/c3*1-5(9)8-4-3-6(10)7-2;5-3-1-2-4-3;1-4-2-3;1-2(3)4;2*1-2/h3*3-4H2,1-2H3,(H,7,10)(H,8,9);1-2H2,(H,4,5);2H,1H3;1H3,(H,3,4);2*2H2,1H3. The van der Waals surface area contributed by atoms with Crippen molar-refractivity contribution in [2.24, 2.45) is 11.5 Å². The average Bonchev–Trinajstić information content (AvgIpc) is 3.02. The maximum absolute atomic E-state index is 10.5. The van der Waals surface area contributed by atoms with Gasteiger partial charge in [0, 0.05) is 101 Å². The largest absolute Gasteiger partial charge is 0.481 e. The Balaban J connectivity index is -0.0000000826. The van der Waals surface area contributed by atoms with Gasteiger partial charge in [-0.2, -0.15) is 0 Å². The molecule has 1 heterocycles. The monoisotopic (exact) mass is 685 g/mol. The third kappa shape index (κ3) is 92.2. The van der Waals surface area contributed by atoms with Crippen molar-refractivity contribution in [3.05, 3.63) is 0 Å². The number of aliphatic carboxylic acids is 1. The molecule has 1 fully saturated rings. The van der Waals surface area contributed by atoms with E-state index in [0.29, 0.717) is 45.4 Å². The molecule has 1 rings (SSSR count). The Morgan fingerprint density at radius 2 is 0.894 bits per heavy atom. The van der Waals surface area contributed by atoms with Crippen LogP contribution in [0.4, 0.5) is 0 Å². The van der Waals surface area contributed by atoms with Crippen LogP contribution in [-0.2, 0) is 47.9 Å². The fourth-order valence-electron chi connectivity index (χ4n) is 1.66. The van der Waals surface area contributed by atoms with E-state index in [4.69, 9.17) is 14.7 Å². The maximum atomic E-state index is 10.5. The van der Waals surface area contributed by atoms with Crippen LogP contribution >= 0.6 is 0 Å². The molecule has 0 aromatic rings. The highest BCUT2D eigenvalue weighted by molar-refractivity contribution is 5.81. The van der Waals surface area contributed by atoms with Gasteiger partial charge in [0.2, 0.25) is 41.4 Å². The van der Waals surface area contributed by atoms with Crippen LogP contribution in [0.2, 0.25) is 0 Å². The summed E-state index contributed by atoms with van der Waals surface area (Å²) in [6.07, 6.45) is 1.77. The summed E-state index contributed by atoms with van der Waals surface area (Å²) < 4.78 is 3.86. The molecule has 0 aromatic heterocycles. The Hall–Kier alpha value is -4.85. The molecule has 1 saturated heterocycles. The van der Waals surface area contributed by atoms with Gasteiger partial charge in [-0.05, 0) is 14.1 Å². The van der Waals surface area contributed by atoms with E-state index >= 15 is 0 Å². The number of methoxy groups -OCH3 is 1. The maximum Gasteiger partial charge on any atom is 0.300 e. The Morgan fingerprint density at radius 1 is 0.702 bits per heavy atom. The Morgan fingerprint density at radius 3 is 0.979 bits per heavy atom. The van der Waals surface area contributed by atoms with Gasteiger partial charge in [-0.1, -0.05) is 0 Å². The van der Waals surface area contributed by atoms with E-state index in [2.05, 4.69) is 53.4 Å². The molecule has 0 bridgehead atoms. The number of carboxylic acids is 1. The van der Waals surface area contributed by atoms with E-state index in [-0.39, 0.29) is 41.4 Å². The predicted octanol–water partition coefficient (Wildman–Crippen LogP) is -3.69. The zero-order valence-electron chi connectivity index (χ0n) is 29.4. The van der Waals surface area contributed by atoms with Gasteiger partial charge in [-0.15, -0.1) is 0 Å². The first-order valence-electron chi connectivity index (χ1n) is 14.0. The highest BCUT2D eigenvalue weighted by Crippen LogP contribution is 1.85. The van der Waals surface area contributed by atoms with Gasteiger partial charge in [-0.3, -0.25) is 43.2 Å². The van der Waals surface area contributed by atoms with Crippen molar-refractivity contribution in [3.8, 4) is 0 Å². The van der Waals surface area contributed by atoms with Crippen LogP contribution in [0, 0.1) is 0 Å². The molecule has 0 radical (unpaired) electrons. The lowest BCUT2D eigenvalue weighted by Gasteiger charge is -2.10. The first-order chi connectivity index (χ1) is 22.0. The summed E-state index contributed by atoms with van der Waals surface area (Å²) in [6, 6.07) is 0. The molecule has 1 aliphatic heterocycles. The summed E-state index contributed by atoms with van der Waals surface area (Å²) in [6.45, 7) is 7.84. The van der Waals surface area contributed by atoms with Gasteiger partial charge in [0.1, 0.15) is 0 Å². The number of nitrogens with one attached hydrogen (secondary N) is 7. The van der Waals surface area contributed by atoms with Crippen molar-refractivity contribution < 1.29 is 53.0 Å². The van der Waals surface area contributed by atoms with E-state index in [1.165, 1.54) is 42.0 Å². The number of hydrogen-bond donors (Lipinski definition) is 10. The smallest absolute Gasteiger partial charge is 0.300 e. The summed E-state index contributed by atoms with van der Waals surface area (Å²) in [7, 11) is 9.01. The second-order valence-corrected chi connectivity index (χ2v) is 7.67. The van der Waals surface area contributed by atoms with Gasteiger partial charge in [0.05, 0.1) is 7.11 Å². The zero-order valence-corrected chi connectivity index (χ0v) is 29.4. The number of rotatable bonds is 10. The van der Waals surface area contributed by atoms with Gasteiger partial charge in [0.15, 0.2) is 0 Å². The third-order valence-electron chi connectivity index (χ3n) is 3.78. The van der Waals surface area contributed by atoms with Gasteiger partial charge in [-0.25, -0.2) is 0 Å². The van der Waals surface area contributed by atoms with Crippen molar-refractivity contribution in [1.82, 2.24) is 37.2 Å². The van der Waals surface area contributed by atoms with E-state index in [1.807, 2.05) is 0 Å². The number of nitrogens with two attached hydrogens (primary N) is 2. The van der Waals surface area contributed by atoms with E-state index in [0.717, 1.165) is 19.9 Å². The molecule has 0 aromatic carbocycles. The lowest BCUT2D eigenvalue weighted by molar-refractivity contribution is -0.134. The number of carbonyl (C=O) groups is 9. The van der Waals surface area contributed by atoms with Crippen molar-refractivity contribution in [2.45, 2.75) is 53.4 Å². The molecule has 7 amide bonds. The van der Waals surface area contributed by atoms with Crippen LogP contribution in [0.25, 0.3) is 0 Å². The van der Waals surface area contributed by atoms with Crippen LogP contribution in [-0.4, -0.2) is 127 Å². The van der Waals surface area contributed by atoms with Gasteiger partial charge >= 0.3 is 0 Å². The first-order valence-corrected chi connectivity index (χ1v) is 14.0. The predicted molar refractivity (Wildman–Crippen MR) is 176 cm³/mol. The van der Waals surface area contributed by atoms with E-state index < -0.39 is 5.97 Å². The second-order valence-electron chi connectivity index (χ2n) is 7.67. The Labute approximate surface area is 277 Å². The molecule has 1 aliphatic rings. The molecule has 0 atom stereocenters. The number of hydrogen-bond acceptors (Lipinski definition) is 12. The van der Waals surface area contributed by atoms with Crippen LogP contribution in [0.1, 0.15) is 53.4 Å². The summed E-state index contributed by atoms with van der Waals surface area (Å²) in [4.78, 5) is 90.1. The highest BCUT2D eigenvalue weighted by Gasteiger charge is 2.07. The number of amides is 7. The van der Waals surface area contributed by atoms with Crippen LogP contribution < -0.4 is 48.7 Å². The number of carbonyl (C=O) groups excluding carboxylic acids is 8. The summed E-state index contributed by atoms with van der Waals surface area (Å²) in [5, 5.41) is 24.9. The second kappa shape index (κ2) is 50.8. The van der Waals surface area contributed by atoms with Crippen LogP contribution in [0.15, 0.2) is 0 Å². The summed E-state index contributed by atoms with van der Waals surface area (Å²) >= 11 is 0. The molecule has 278 valence electrons. The lowest BCUT2D eigenvalue weighted by Crippen LogP contribution is -2.37. The molecule has 0 saturated carbocycles. The molecule has 0 unspecified atom stereocenters. The number of carboxylic acid groups (broad SMARTS) is 1. The fraction of sp³-hybridized carbons (Fsp3) is 0.667. The third-order valence-corrected chi connectivity index (χ3v) is 3.78. The molecular weight excluding hydrogens is 626 g/mol. The molecule has 20 nitrogen and oxygen atoms in total. The summed E-state index contributed by atoms with van der Waals surface area (Å²) in [5.74, 6) is -1.15. The van der Waals surface area contributed by atoms with Crippen molar-refractivity contribution >= 4 is 53.8 Å². The molecule has 47 heavy (non-hydrogen) atoms. The highest BCUT2D eigenvalue weighted by atomic mass is 16.5. The van der Waals surface area contributed by atoms with Gasteiger partial charge in [0.25, 0.3) is 12.4 Å². The number of β-lactam (4-membered cyclic amide) rings is 1. The SMILES string of the molecule is CC(=O)O.CN.CN.CNC(=O)CCNC(C)=O.CNC(=O)CCNC(C)=O.CNC(=O)CCNC(C)=O.COC=O.O=C1CCN1. The van der Waals surface area contributed by atoms with Crippen molar-refractivity contribution in [2.75, 3.05) is 68.5 Å². The van der Waals surface area contributed by atoms with Crippen LogP contribution in [0.5, 0.6) is 0 Å². The van der Waals surface area contributed by atoms with Crippen molar-refractivity contribution in [3.63, 3.8) is 0 Å². The normalized spacial score (nSPS) is 8.89. The van der Waals surface area contributed by atoms with Gasteiger partial charge < -0.3 is 58.5 Å². The average molecular weight is 686 g/mol. The zero-order chi connectivity index (χ0) is 38.6. The molecule has 0 aliphatic carbocycles. The summed E-state index contributed by atoms with van der Waals surface area (Å²) in [5.41, 5.74) is 9.00. The lowest BCUT2D eigenvalue weighted by atomic mass is 10.3. The molecule has 12 N–H and O–H groups in total. The number of ether oxygens (including phenoxy) is 1. The topological polar surface area (TPSA) is 319 Å². The Kier molecular flexibility index (Phi) is 62.4. The minimum absolute atomic E-state index is 0.0613. The molecule has 0 spiro atoms. The molecular formula is C27H59N9O11. The molecule has 20 heteroatoms. The Bertz CT molecular complexity index is 759. The minimum atomic E-state index is -0.833. The van der Waals surface area contributed by atoms with Crippen molar-refractivity contribution in [1.29, 1.82) is 0 Å². The van der Waals surface area contributed by atoms with Crippen LogP contribution in [0.3, 0.4) is 0 Å². The van der Waals surface area contributed by atoms with E-state index in [1.54, 1.807) is 21.1 Å². The first kappa shape index (κ1) is 57.8.